The van der Waals surface area contributed by atoms with Gasteiger partial charge in [0, 0.05) is 18.7 Å². The van der Waals surface area contributed by atoms with Crippen molar-refractivity contribution >= 4 is 11.9 Å². The number of carbonyl (C=O) groups excluding carboxylic acids is 2. The lowest BCUT2D eigenvalue weighted by Gasteiger charge is -2.24. The summed E-state index contributed by atoms with van der Waals surface area (Å²) in [5, 5.41) is 0. The average molecular weight is 363 g/mol. The molecule has 2 aromatic carbocycles. The lowest BCUT2D eigenvalue weighted by atomic mass is 9.90. The number of rotatable bonds is 4. The summed E-state index contributed by atoms with van der Waals surface area (Å²) >= 11 is 0. The zero-order valence-electron chi connectivity index (χ0n) is 15.5. The fourth-order valence-electron chi connectivity index (χ4n) is 4.03. The summed E-state index contributed by atoms with van der Waals surface area (Å²) in [6.45, 7) is 1.47. The lowest BCUT2D eigenvalue weighted by Crippen LogP contribution is -2.34. The molecule has 1 amide bonds. The van der Waals surface area contributed by atoms with Crippen molar-refractivity contribution in [1.82, 2.24) is 4.90 Å². The number of nitrogens with zero attached hydrogens (tertiary/aromatic N) is 1. The van der Waals surface area contributed by atoms with Crippen LogP contribution in [0.5, 0.6) is 0 Å². The highest BCUT2D eigenvalue weighted by molar-refractivity contribution is 5.93. The number of fused-ring (bicyclic) bond motifs is 1. The highest BCUT2D eigenvalue weighted by Crippen LogP contribution is 2.26. The third-order valence-electron chi connectivity index (χ3n) is 5.55. The fourth-order valence-corrected chi connectivity index (χ4v) is 4.03. The van der Waals surface area contributed by atoms with Crippen molar-refractivity contribution in [2.45, 2.75) is 44.6 Å². The molecule has 1 heterocycles. The van der Waals surface area contributed by atoms with Crippen LogP contribution in [0, 0.1) is 0 Å². The van der Waals surface area contributed by atoms with E-state index in [4.69, 9.17) is 4.74 Å². The molecule has 0 unspecified atom stereocenters. The molecule has 4 heteroatoms. The monoisotopic (exact) mass is 363 g/mol. The number of amides is 1. The Morgan fingerprint density at radius 2 is 1.56 bits per heavy atom. The van der Waals surface area contributed by atoms with E-state index >= 15 is 0 Å². The number of benzene rings is 2. The average Bonchev–Trinajstić information content (AvgIpc) is 3.26. The maximum Gasteiger partial charge on any atom is 0.339 e. The number of hydrogen-bond donors (Lipinski definition) is 0. The van der Waals surface area contributed by atoms with Crippen molar-refractivity contribution in [2.75, 3.05) is 13.1 Å². The van der Waals surface area contributed by atoms with E-state index in [9.17, 15) is 9.59 Å². The maximum atomic E-state index is 13.0. The smallest absolute Gasteiger partial charge is 0.339 e. The van der Waals surface area contributed by atoms with Crippen molar-refractivity contribution in [2.24, 2.45) is 0 Å². The van der Waals surface area contributed by atoms with Gasteiger partial charge in [-0.2, -0.15) is 0 Å². The van der Waals surface area contributed by atoms with E-state index in [-0.39, 0.29) is 5.91 Å². The number of carbonyl (C=O) groups is 2. The summed E-state index contributed by atoms with van der Waals surface area (Å²) in [7, 11) is 0. The van der Waals surface area contributed by atoms with Gasteiger partial charge in [0.25, 0.3) is 5.91 Å². The van der Waals surface area contributed by atoms with Crippen LogP contribution in [-0.2, 0) is 22.4 Å². The van der Waals surface area contributed by atoms with Crippen molar-refractivity contribution < 1.29 is 14.3 Å². The van der Waals surface area contributed by atoms with E-state index < -0.39 is 12.1 Å². The third kappa shape index (κ3) is 3.90. The Kier molecular flexibility index (Phi) is 5.23. The second-order valence-corrected chi connectivity index (χ2v) is 7.42. The van der Waals surface area contributed by atoms with Crippen molar-refractivity contribution in [3.8, 4) is 0 Å². The van der Waals surface area contributed by atoms with Gasteiger partial charge in [0.1, 0.15) is 0 Å². The van der Waals surface area contributed by atoms with Crippen LogP contribution in [-0.4, -0.2) is 29.9 Å². The summed E-state index contributed by atoms with van der Waals surface area (Å²) in [5.74, 6) is -0.546. The second kappa shape index (κ2) is 7.95. The molecule has 140 valence electrons. The van der Waals surface area contributed by atoms with Crippen molar-refractivity contribution in [3.63, 3.8) is 0 Å². The number of aryl methyl sites for hydroxylation is 2. The Morgan fingerprint density at radius 3 is 2.30 bits per heavy atom. The van der Waals surface area contributed by atoms with Crippen molar-refractivity contribution in [1.29, 1.82) is 0 Å². The summed E-state index contributed by atoms with van der Waals surface area (Å²) in [6, 6.07) is 15.1. The van der Waals surface area contributed by atoms with Gasteiger partial charge in [-0.25, -0.2) is 4.79 Å². The Labute approximate surface area is 160 Å². The molecule has 0 radical (unpaired) electrons. The summed E-state index contributed by atoms with van der Waals surface area (Å²) < 4.78 is 5.76. The Morgan fingerprint density at radius 1 is 0.852 bits per heavy atom. The maximum absolute atomic E-state index is 13.0. The first kappa shape index (κ1) is 17.8. The zero-order chi connectivity index (χ0) is 18.6. The summed E-state index contributed by atoms with van der Waals surface area (Å²) in [6.07, 6.45) is 5.57. The minimum atomic E-state index is -0.882. The molecule has 0 spiro atoms. The number of hydrogen-bond acceptors (Lipinski definition) is 3. The van der Waals surface area contributed by atoms with E-state index in [0.29, 0.717) is 5.56 Å². The standard InChI is InChI=1S/C23H25NO3/c25-22(24-14-6-7-15-24)21(18-9-2-1-3-10-18)27-23(26)20-13-12-17-8-4-5-11-19(17)16-20/h1-3,9-10,12-13,16,21H,4-8,11,14-15H2/t21-/m0/s1. The second-order valence-electron chi connectivity index (χ2n) is 7.42. The zero-order valence-corrected chi connectivity index (χ0v) is 15.5. The van der Waals surface area contributed by atoms with Crippen LogP contribution in [0.25, 0.3) is 0 Å². The largest absolute Gasteiger partial charge is 0.444 e. The normalized spacial score (nSPS) is 17.3. The van der Waals surface area contributed by atoms with Gasteiger partial charge < -0.3 is 9.64 Å². The van der Waals surface area contributed by atoms with Gasteiger partial charge in [0.05, 0.1) is 5.56 Å². The number of esters is 1. The predicted octanol–water partition coefficient (Wildman–Crippen LogP) is 4.09. The molecule has 1 aliphatic heterocycles. The van der Waals surface area contributed by atoms with Crippen LogP contribution in [0.1, 0.15) is 58.8 Å². The number of ether oxygens (including phenoxy) is 1. The molecule has 1 saturated heterocycles. The van der Waals surface area contributed by atoms with Gasteiger partial charge >= 0.3 is 5.97 Å². The molecule has 0 bridgehead atoms. The molecule has 4 rings (SSSR count). The van der Waals surface area contributed by atoms with Crippen LogP contribution in [0.15, 0.2) is 48.5 Å². The van der Waals surface area contributed by atoms with E-state index in [1.54, 1.807) is 4.90 Å². The highest BCUT2D eigenvalue weighted by Gasteiger charge is 2.31. The number of likely N-dealkylation sites (tertiary alicyclic amines) is 1. The van der Waals surface area contributed by atoms with E-state index in [1.165, 1.54) is 17.5 Å². The Hall–Kier alpha value is -2.62. The molecule has 0 saturated carbocycles. The fraction of sp³-hybridized carbons (Fsp3) is 0.391. The molecule has 1 aliphatic carbocycles. The quantitative estimate of drug-likeness (QED) is 0.769. The minimum absolute atomic E-state index is 0.120. The molecular weight excluding hydrogens is 338 g/mol. The summed E-state index contributed by atoms with van der Waals surface area (Å²) in [4.78, 5) is 27.6. The first-order valence-electron chi connectivity index (χ1n) is 9.89. The highest BCUT2D eigenvalue weighted by atomic mass is 16.5. The topological polar surface area (TPSA) is 46.6 Å². The van der Waals surface area contributed by atoms with Gasteiger partial charge in [-0.05, 0) is 61.8 Å². The van der Waals surface area contributed by atoms with Gasteiger partial charge in [0.2, 0.25) is 6.10 Å². The molecule has 0 N–H and O–H groups in total. The molecule has 4 nitrogen and oxygen atoms in total. The van der Waals surface area contributed by atoms with Gasteiger partial charge in [-0.1, -0.05) is 36.4 Å². The van der Waals surface area contributed by atoms with Crippen molar-refractivity contribution in [3.05, 3.63) is 70.8 Å². The summed E-state index contributed by atoms with van der Waals surface area (Å²) in [5.41, 5.74) is 3.81. The van der Waals surface area contributed by atoms with Crippen LogP contribution in [0.4, 0.5) is 0 Å². The molecule has 27 heavy (non-hydrogen) atoms. The third-order valence-corrected chi connectivity index (χ3v) is 5.55. The van der Waals surface area contributed by atoms with E-state index in [1.807, 2.05) is 48.5 Å². The van der Waals surface area contributed by atoms with E-state index in [2.05, 4.69) is 0 Å². The van der Waals surface area contributed by atoms with Gasteiger partial charge in [-0.3, -0.25) is 4.79 Å². The van der Waals surface area contributed by atoms with Gasteiger partial charge in [0.15, 0.2) is 0 Å². The van der Waals surface area contributed by atoms with Crippen LogP contribution < -0.4 is 0 Å². The molecule has 0 aromatic heterocycles. The molecule has 1 atom stereocenters. The Balaban J connectivity index is 1.57. The minimum Gasteiger partial charge on any atom is -0.444 e. The van der Waals surface area contributed by atoms with Crippen LogP contribution >= 0.6 is 0 Å². The van der Waals surface area contributed by atoms with Crippen LogP contribution in [0.2, 0.25) is 0 Å². The lowest BCUT2D eigenvalue weighted by molar-refractivity contribution is -0.140. The molecular formula is C23H25NO3. The molecule has 2 aliphatic rings. The molecule has 1 fully saturated rings. The van der Waals surface area contributed by atoms with Crippen LogP contribution in [0.3, 0.4) is 0 Å². The molecule has 2 aromatic rings. The first-order valence-corrected chi connectivity index (χ1v) is 9.89. The predicted molar refractivity (Wildman–Crippen MR) is 103 cm³/mol. The first-order chi connectivity index (χ1) is 13.2. The van der Waals surface area contributed by atoms with Gasteiger partial charge in [-0.15, -0.1) is 0 Å². The SMILES string of the molecule is O=C(O[C@H](C(=O)N1CCCC1)c1ccccc1)c1ccc2c(c1)CCCC2. The Bertz CT molecular complexity index is 825. The van der Waals surface area contributed by atoms with E-state index in [0.717, 1.165) is 50.8 Å².